The van der Waals surface area contributed by atoms with Crippen molar-refractivity contribution in [1.29, 1.82) is 0 Å². The third kappa shape index (κ3) is 8.09. The van der Waals surface area contributed by atoms with E-state index in [9.17, 15) is 9.59 Å². The molecule has 4 heteroatoms. The maximum atomic E-state index is 11.7. The summed E-state index contributed by atoms with van der Waals surface area (Å²) in [7, 11) is 0. The quantitative estimate of drug-likeness (QED) is 0.446. The fourth-order valence-corrected chi connectivity index (χ4v) is 1.63. The molecule has 0 saturated carbocycles. The summed E-state index contributed by atoms with van der Waals surface area (Å²) in [6.07, 6.45) is 4.99. The SMILES string of the molecule is CCCCC(CC)C(=O)OCCOC(=O)CCC. The molecule has 1 atom stereocenters. The van der Waals surface area contributed by atoms with Crippen molar-refractivity contribution >= 4 is 11.9 Å². The van der Waals surface area contributed by atoms with Gasteiger partial charge < -0.3 is 9.47 Å². The maximum absolute atomic E-state index is 11.7. The number of ether oxygens (including phenoxy) is 2. The summed E-state index contributed by atoms with van der Waals surface area (Å²) < 4.78 is 10.0. The van der Waals surface area contributed by atoms with Gasteiger partial charge in [-0.15, -0.1) is 0 Å². The van der Waals surface area contributed by atoms with Crippen LogP contribution in [-0.2, 0) is 19.1 Å². The number of carbonyl (C=O) groups is 2. The van der Waals surface area contributed by atoms with E-state index >= 15 is 0 Å². The minimum absolute atomic E-state index is 0.0173. The van der Waals surface area contributed by atoms with Gasteiger partial charge in [-0.1, -0.05) is 33.6 Å². The second-order valence-electron chi connectivity index (χ2n) is 4.39. The second-order valence-corrected chi connectivity index (χ2v) is 4.39. The van der Waals surface area contributed by atoms with Gasteiger partial charge in [0.05, 0.1) is 5.92 Å². The molecule has 0 aliphatic rings. The summed E-state index contributed by atoms with van der Waals surface area (Å²) >= 11 is 0. The first kappa shape index (κ1) is 16.9. The first-order valence-corrected chi connectivity index (χ1v) is 6.97. The molecule has 1 unspecified atom stereocenters. The summed E-state index contributed by atoms with van der Waals surface area (Å²) in [6, 6.07) is 0. The predicted molar refractivity (Wildman–Crippen MR) is 70.1 cm³/mol. The minimum Gasteiger partial charge on any atom is -0.462 e. The van der Waals surface area contributed by atoms with Gasteiger partial charge in [-0.25, -0.2) is 0 Å². The summed E-state index contributed by atoms with van der Waals surface area (Å²) in [5, 5.41) is 0. The Hall–Kier alpha value is -1.06. The van der Waals surface area contributed by atoms with Gasteiger partial charge in [0.15, 0.2) is 0 Å². The highest BCUT2D eigenvalue weighted by Crippen LogP contribution is 2.14. The number of hydrogen-bond acceptors (Lipinski definition) is 4. The highest BCUT2D eigenvalue weighted by molar-refractivity contribution is 5.72. The number of hydrogen-bond donors (Lipinski definition) is 0. The first-order chi connectivity index (χ1) is 8.65. The van der Waals surface area contributed by atoms with Gasteiger partial charge in [0, 0.05) is 6.42 Å². The normalized spacial score (nSPS) is 11.9. The molecule has 0 heterocycles. The zero-order chi connectivity index (χ0) is 13.8. The van der Waals surface area contributed by atoms with Crippen LogP contribution >= 0.6 is 0 Å². The van der Waals surface area contributed by atoms with E-state index in [1.165, 1.54) is 0 Å². The van der Waals surface area contributed by atoms with Crippen LogP contribution in [-0.4, -0.2) is 25.2 Å². The largest absolute Gasteiger partial charge is 0.462 e. The summed E-state index contributed by atoms with van der Waals surface area (Å²) in [5.74, 6) is -0.416. The molecule has 0 aromatic rings. The van der Waals surface area contributed by atoms with Crippen molar-refractivity contribution < 1.29 is 19.1 Å². The van der Waals surface area contributed by atoms with Crippen LogP contribution in [0.25, 0.3) is 0 Å². The van der Waals surface area contributed by atoms with Crippen molar-refractivity contribution in [3.8, 4) is 0 Å². The Morgan fingerprint density at radius 1 is 1.00 bits per heavy atom. The molecule has 0 aliphatic carbocycles. The van der Waals surface area contributed by atoms with E-state index in [1.54, 1.807) is 0 Å². The van der Waals surface area contributed by atoms with E-state index in [4.69, 9.17) is 9.47 Å². The van der Waals surface area contributed by atoms with Crippen molar-refractivity contribution in [1.82, 2.24) is 0 Å². The monoisotopic (exact) mass is 258 g/mol. The average Bonchev–Trinajstić information content (AvgIpc) is 2.36. The summed E-state index contributed by atoms with van der Waals surface area (Å²) in [5.41, 5.74) is 0. The summed E-state index contributed by atoms with van der Waals surface area (Å²) in [6.45, 7) is 6.33. The molecule has 0 aromatic heterocycles. The van der Waals surface area contributed by atoms with Crippen molar-refractivity contribution in [3.05, 3.63) is 0 Å². The van der Waals surface area contributed by atoms with E-state index in [2.05, 4.69) is 6.92 Å². The van der Waals surface area contributed by atoms with E-state index in [0.29, 0.717) is 6.42 Å². The van der Waals surface area contributed by atoms with Gasteiger partial charge in [0.25, 0.3) is 0 Å². The Bertz CT molecular complexity index is 238. The van der Waals surface area contributed by atoms with Gasteiger partial charge in [-0.05, 0) is 19.3 Å². The molecule has 0 fully saturated rings. The Morgan fingerprint density at radius 3 is 2.22 bits per heavy atom. The first-order valence-electron chi connectivity index (χ1n) is 6.97. The highest BCUT2D eigenvalue weighted by Gasteiger charge is 2.17. The molecule has 0 rings (SSSR count). The molecule has 0 amide bonds. The van der Waals surface area contributed by atoms with Crippen LogP contribution in [0.2, 0.25) is 0 Å². The van der Waals surface area contributed by atoms with Crippen LogP contribution in [0, 0.1) is 5.92 Å². The van der Waals surface area contributed by atoms with E-state index in [1.807, 2.05) is 13.8 Å². The third-order valence-corrected chi connectivity index (χ3v) is 2.78. The van der Waals surface area contributed by atoms with Crippen LogP contribution in [0.3, 0.4) is 0 Å². The molecule has 18 heavy (non-hydrogen) atoms. The van der Waals surface area contributed by atoms with Crippen molar-refractivity contribution in [2.45, 2.75) is 59.3 Å². The van der Waals surface area contributed by atoms with Crippen LogP contribution in [0.5, 0.6) is 0 Å². The molecule has 106 valence electrons. The van der Waals surface area contributed by atoms with Crippen LogP contribution in [0.4, 0.5) is 0 Å². The zero-order valence-corrected chi connectivity index (χ0v) is 11.9. The summed E-state index contributed by atoms with van der Waals surface area (Å²) in [4.78, 5) is 22.7. The molecule has 0 radical (unpaired) electrons. The molecule has 0 spiro atoms. The molecular weight excluding hydrogens is 232 g/mol. The smallest absolute Gasteiger partial charge is 0.309 e. The van der Waals surface area contributed by atoms with Gasteiger partial charge in [0.1, 0.15) is 13.2 Å². The maximum Gasteiger partial charge on any atom is 0.309 e. The lowest BCUT2D eigenvalue weighted by Gasteiger charge is -2.13. The van der Waals surface area contributed by atoms with Crippen LogP contribution in [0.1, 0.15) is 59.3 Å². The number of unbranched alkanes of at least 4 members (excludes halogenated alkanes) is 1. The molecule has 0 aliphatic heterocycles. The fourth-order valence-electron chi connectivity index (χ4n) is 1.63. The second kappa shape index (κ2) is 11.1. The number of rotatable bonds is 10. The Balaban J connectivity index is 3.70. The molecule has 0 N–H and O–H groups in total. The molecular formula is C14H26O4. The Kier molecular flexibility index (Phi) is 10.4. The third-order valence-electron chi connectivity index (χ3n) is 2.78. The van der Waals surface area contributed by atoms with E-state index < -0.39 is 0 Å². The van der Waals surface area contributed by atoms with Gasteiger partial charge in [-0.2, -0.15) is 0 Å². The minimum atomic E-state index is -0.230. The van der Waals surface area contributed by atoms with E-state index in [-0.39, 0.29) is 31.1 Å². The predicted octanol–water partition coefficient (Wildman–Crippen LogP) is 3.09. The number of esters is 2. The lowest BCUT2D eigenvalue weighted by molar-refractivity contribution is -0.155. The topological polar surface area (TPSA) is 52.6 Å². The van der Waals surface area contributed by atoms with Gasteiger partial charge >= 0.3 is 11.9 Å². The lowest BCUT2D eigenvalue weighted by atomic mass is 10.00. The van der Waals surface area contributed by atoms with Crippen molar-refractivity contribution in [2.75, 3.05) is 13.2 Å². The Labute approximate surface area is 110 Å². The Morgan fingerprint density at radius 2 is 1.67 bits per heavy atom. The van der Waals surface area contributed by atoms with Crippen LogP contribution in [0.15, 0.2) is 0 Å². The standard InChI is InChI=1S/C14H26O4/c1-4-7-9-12(6-3)14(16)18-11-10-17-13(15)8-5-2/h12H,4-11H2,1-3H3. The van der Waals surface area contributed by atoms with Crippen molar-refractivity contribution in [2.24, 2.45) is 5.92 Å². The van der Waals surface area contributed by atoms with Crippen molar-refractivity contribution in [3.63, 3.8) is 0 Å². The molecule has 0 saturated heterocycles. The zero-order valence-electron chi connectivity index (χ0n) is 11.9. The van der Waals surface area contributed by atoms with Crippen LogP contribution < -0.4 is 0 Å². The average molecular weight is 258 g/mol. The molecule has 0 aromatic carbocycles. The lowest BCUT2D eigenvalue weighted by Crippen LogP contribution is -2.20. The fraction of sp³-hybridized carbons (Fsp3) is 0.857. The van der Waals surface area contributed by atoms with E-state index in [0.717, 1.165) is 32.1 Å². The molecule has 0 bridgehead atoms. The van der Waals surface area contributed by atoms with Gasteiger partial charge in [0.2, 0.25) is 0 Å². The van der Waals surface area contributed by atoms with Gasteiger partial charge in [-0.3, -0.25) is 9.59 Å². The number of carbonyl (C=O) groups excluding carboxylic acids is 2. The highest BCUT2D eigenvalue weighted by atomic mass is 16.6. The molecule has 4 nitrogen and oxygen atoms in total.